The van der Waals surface area contributed by atoms with Gasteiger partial charge in [-0.3, -0.25) is 0 Å². The number of nitrogens with zero attached hydrogens (tertiary/aromatic N) is 2. The second-order valence-electron chi connectivity index (χ2n) is 20.1. The number of para-hydroxylation sites is 2. The first-order chi connectivity index (χ1) is 32.1. The molecule has 0 fully saturated rings. The SMILES string of the molecule is CC1(C)c2cccc3ccc4cc(N(c5ccc6c(c5)C(c5ccccc5)(c5ccccc5)c5cc([Si](C)(C)C)ccc5-6)c5ccc6c(c5)c5ccccc5n6-c5ccccc5)cc1c4c23. The molecule has 0 spiro atoms. The summed E-state index contributed by atoms with van der Waals surface area (Å²) in [5.74, 6) is 0. The first kappa shape index (κ1) is 38.9. The summed E-state index contributed by atoms with van der Waals surface area (Å²) in [6, 6.07) is 80.5. The first-order valence-corrected chi connectivity index (χ1v) is 26.9. The van der Waals surface area contributed by atoms with Crippen molar-refractivity contribution in [2.75, 3.05) is 4.90 Å². The van der Waals surface area contributed by atoms with Crippen molar-refractivity contribution in [3.05, 3.63) is 246 Å². The average Bonchev–Trinajstić information content (AvgIpc) is 3.92. The molecule has 0 radical (unpaired) electrons. The molecular formula is C63H50N2Si. The molecule has 0 atom stereocenters. The van der Waals surface area contributed by atoms with Crippen LogP contribution in [0.3, 0.4) is 0 Å². The quantitative estimate of drug-likeness (QED) is 0.114. The van der Waals surface area contributed by atoms with Crippen molar-refractivity contribution in [2.45, 2.75) is 44.3 Å². The molecule has 0 aliphatic heterocycles. The molecule has 0 amide bonds. The fraction of sp³-hybridized carbons (Fsp3) is 0.111. The van der Waals surface area contributed by atoms with Crippen LogP contribution in [0, 0.1) is 0 Å². The van der Waals surface area contributed by atoms with Crippen molar-refractivity contribution in [1.82, 2.24) is 4.57 Å². The van der Waals surface area contributed by atoms with Gasteiger partial charge in [0.2, 0.25) is 0 Å². The first-order valence-electron chi connectivity index (χ1n) is 23.4. The minimum Gasteiger partial charge on any atom is -0.310 e. The van der Waals surface area contributed by atoms with Crippen LogP contribution in [0.25, 0.3) is 60.2 Å². The van der Waals surface area contributed by atoms with Crippen LogP contribution >= 0.6 is 0 Å². The predicted octanol–water partition coefficient (Wildman–Crippen LogP) is 16.1. The topological polar surface area (TPSA) is 8.17 Å². The molecule has 13 rings (SSSR count). The third kappa shape index (κ3) is 5.41. The Hall–Kier alpha value is -7.46. The molecule has 0 unspecified atom stereocenters. The summed E-state index contributed by atoms with van der Waals surface area (Å²) in [5, 5.41) is 9.30. The minimum absolute atomic E-state index is 0.167. The van der Waals surface area contributed by atoms with Crippen LogP contribution in [0.1, 0.15) is 47.2 Å². The van der Waals surface area contributed by atoms with Gasteiger partial charge in [-0.25, -0.2) is 0 Å². The monoisotopic (exact) mass is 862 g/mol. The maximum atomic E-state index is 2.57. The lowest BCUT2D eigenvalue weighted by Gasteiger charge is -2.35. The fourth-order valence-electron chi connectivity index (χ4n) is 12.0. The van der Waals surface area contributed by atoms with E-state index in [1.165, 1.54) is 93.0 Å². The molecule has 0 saturated heterocycles. The second kappa shape index (κ2) is 14.0. The molecular weight excluding hydrogens is 813 g/mol. The Bertz CT molecular complexity index is 3720. The molecule has 2 nitrogen and oxygen atoms in total. The van der Waals surface area contributed by atoms with Gasteiger partial charge in [0.1, 0.15) is 0 Å². The Labute approximate surface area is 388 Å². The number of aromatic nitrogens is 1. The lowest BCUT2D eigenvalue weighted by molar-refractivity contribution is 0.663. The highest BCUT2D eigenvalue weighted by Crippen LogP contribution is 2.58. The van der Waals surface area contributed by atoms with Gasteiger partial charge in [-0.15, -0.1) is 0 Å². The Morgan fingerprint density at radius 2 is 0.985 bits per heavy atom. The summed E-state index contributed by atoms with van der Waals surface area (Å²) in [6.45, 7) is 12.2. The third-order valence-electron chi connectivity index (χ3n) is 15.1. The Kier molecular flexibility index (Phi) is 8.27. The van der Waals surface area contributed by atoms with Gasteiger partial charge in [0, 0.05) is 38.9 Å². The van der Waals surface area contributed by atoms with Crippen LogP contribution in [-0.4, -0.2) is 12.6 Å². The van der Waals surface area contributed by atoms with E-state index in [1.807, 2.05) is 0 Å². The number of hydrogen-bond donors (Lipinski definition) is 0. The number of hydrogen-bond acceptors (Lipinski definition) is 1. The van der Waals surface area contributed by atoms with Crippen molar-refractivity contribution in [2.24, 2.45) is 0 Å². The molecule has 11 aromatic rings. The van der Waals surface area contributed by atoms with Crippen LogP contribution in [0.4, 0.5) is 17.1 Å². The molecule has 2 aliphatic carbocycles. The smallest absolute Gasteiger partial charge is 0.0776 e. The summed E-state index contributed by atoms with van der Waals surface area (Å²) in [4.78, 5) is 2.55. The van der Waals surface area contributed by atoms with Crippen molar-refractivity contribution in [3.8, 4) is 16.8 Å². The van der Waals surface area contributed by atoms with Gasteiger partial charge in [-0.1, -0.05) is 190 Å². The molecule has 1 aromatic heterocycles. The van der Waals surface area contributed by atoms with Gasteiger partial charge < -0.3 is 9.47 Å². The zero-order valence-electron chi connectivity index (χ0n) is 38.1. The normalized spacial score (nSPS) is 14.4. The van der Waals surface area contributed by atoms with Gasteiger partial charge in [0.05, 0.1) is 24.5 Å². The molecule has 0 bridgehead atoms. The Morgan fingerprint density at radius 3 is 1.71 bits per heavy atom. The average molecular weight is 863 g/mol. The summed E-state index contributed by atoms with van der Waals surface area (Å²) >= 11 is 0. The molecule has 2 aliphatic rings. The molecule has 0 saturated carbocycles. The molecule has 1 heterocycles. The zero-order valence-corrected chi connectivity index (χ0v) is 39.1. The maximum Gasteiger partial charge on any atom is 0.0776 e. The van der Waals surface area contributed by atoms with Crippen LogP contribution in [-0.2, 0) is 10.8 Å². The highest BCUT2D eigenvalue weighted by atomic mass is 28.3. The molecule has 316 valence electrons. The largest absolute Gasteiger partial charge is 0.310 e. The summed E-state index contributed by atoms with van der Waals surface area (Å²) < 4.78 is 2.41. The van der Waals surface area contributed by atoms with E-state index in [0.29, 0.717) is 0 Å². The lowest BCUT2D eigenvalue weighted by atomic mass is 9.67. The van der Waals surface area contributed by atoms with Crippen LogP contribution in [0.5, 0.6) is 0 Å². The van der Waals surface area contributed by atoms with E-state index in [1.54, 1.807) is 0 Å². The van der Waals surface area contributed by atoms with Gasteiger partial charge in [0.15, 0.2) is 0 Å². The van der Waals surface area contributed by atoms with Crippen LogP contribution in [0.15, 0.2) is 212 Å². The molecule has 10 aromatic carbocycles. The van der Waals surface area contributed by atoms with E-state index in [9.17, 15) is 0 Å². The summed E-state index contributed by atoms with van der Waals surface area (Å²) in [7, 11) is -1.69. The highest BCUT2D eigenvalue weighted by Gasteiger charge is 2.47. The lowest BCUT2D eigenvalue weighted by Crippen LogP contribution is -2.39. The minimum atomic E-state index is -1.69. The maximum absolute atomic E-state index is 2.57. The third-order valence-corrected chi connectivity index (χ3v) is 17.2. The molecule has 66 heavy (non-hydrogen) atoms. The van der Waals surface area contributed by atoms with E-state index < -0.39 is 13.5 Å². The van der Waals surface area contributed by atoms with E-state index in [4.69, 9.17) is 0 Å². The summed E-state index contributed by atoms with van der Waals surface area (Å²) in [5.41, 5.74) is 16.9. The zero-order chi connectivity index (χ0) is 44.5. The van der Waals surface area contributed by atoms with Crippen molar-refractivity contribution in [3.63, 3.8) is 0 Å². The number of rotatable bonds is 7. The van der Waals surface area contributed by atoms with E-state index in [0.717, 1.165) is 22.7 Å². The Morgan fingerprint density at radius 1 is 0.409 bits per heavy atom. The van der Waals surface area contributed by atoms with E-state index in [2.05, 4.69) is 255 Å². The molecule has 3 heteroatoms. The standard InChI is InChI=1S/C63H50N2Si/c1-62(2)54-26-17-18-41-28-29-42-36-48(39-57(62)61(42)60(41)54)64(46-31-35-59-53(37-46)52-25-15-16-27-58(52)65(59)45-23-13-8-14-24-45)47-30-33-50-51-34-32-49(66(3,4)5)40-56(51)63(55(50)38-47,43-19-9-6-10-20-43)44-21-11-7-12-22-44/h6-40H,1-5H3. The van der Waals surface area contributed by atoms with Gasteiger partial charge in [0.25, 0.3) is 0 Å². The van der Waals surface area contributed by atoms with Gasteiger partial charge >= 0.3 is 0 Å². The fourth-order valence-corrected chi connectivity index (χ4v) is 13.2. The molecule has 0 N–H and O–H groups in total. The summed E-state index contributed by atoms with van der Waals surface area (Å²) in [6.07, 6.45) is 0. The van der Waals surface area contributed by atoms with Gasteiger partial charge in [-0.05, 0) is 127 Å². The number of fused-ring (bicyclic) bond motifs is 6. The van der Waals surface area contributed by atoms with E-state index >= 15 is 0 Å². The predicted molar refractivity (Wildman–Crippen MR) is 283 cm³/mol. The van der Waals surface area contributed by atoms with Crippen molar-refractivity contribution in [1.29, 1.82) is 0 Å². The number of benzene rings is 10. The van der Waals surface area contributed by atoms with E-state index in [-0.39, 0.29) is 5.41 Å². The Balaban J connectivity index is 1.11. The van der Waals surface area contributed by atoms with Crippen LogP contribution in [0.2, 0.25) is 19.6 Å². The van der Waals surface area contributed by atoms with Crippen molar-refractivity contribution < 1.29 is 0 Å². The van der Waals surface area contributed by atoms with Crippen molar-refractivity contribution >= 4 is 73.7 Å². The second-order valence-corrected chi connectivity index (χ2v) is 25.2. The highest BCUT2D eigenvalue weighted by molar-refractivity contribution is 6.88. The van der Waals surface area contributed by atoms with Crippen LogP contribution < -0.4 is 10.1 Å². The number of anilines is 3. The van der Waals surface area contributed by atoms with Gasteiger partial charge in [-0.2, -0.15) is 0 Å².